The molecule has 0 radical (unpaired) electrons. The maximum Gasteiger partial charge on any atom is 0.123 e. The average Bonchev–Trinajstić information content (AvgIpc) is 2.34. The van der Waals surface area contributed by atoms with Crippen molar-refractivity contribution in [2.75, 3.05) is 0 Å². The van der Waals surface area contributed by atoms with Crippen molar-refractivity contribution in [1.82, 2.24) is 0 Å². The van der Waals surface area contributed by atoms with Crippen molar-refractivity contribution in [3.8, 4) is 5.75 Å². The number of aliphatic hydroxyl groups is 1. The van der Waals surface area contributed by atoms with Gasteiger partial charge in [0.1, 0.15) is 5.75 Å². The Hall–Kier alpha value is -0.770. The van der Waals surface area contributed by atoms with E-state index in [-0.39, 0.29) is 29.2 Å². The van der Waals surface area contributed by atoms with Crippen LogP contribution in [-0.2, 0) is 10.8 Å². The Morgan fingerprint density at radius 3 is 1.52 bits per heavy atom. The molecule has 3 nitrogen and oxygen atoms in total. The van der Waals surface area contributed by atoms with E-state index in [9.17, 15) is 10.2 Å². The highest BCUT2D eigenvalue weighted by molar-refractivity contribution is 5.85. The van der Waals surface area contributed by atoms with Gasteiger partial charge in [0.15, 0.2) is 0 Å². The van der Waals surface area contributed by atoms with Gasteiger partial charge in [0.2, 0.25) is 0 Å². The maximum atomic E-state index is 10.7. The fourth-order valence-corrected chi connectivity index (χ4v) is 2.60. The summed E-state index contributed by atoms with van der Waals surface area (Å²) in [6.07, 6.45) is -0.606. The van der Waals surface area contributed by atoms with Gasteiger partial charge in [-0.25, -0.2) is 0 Å². The Kier molecular flexibility index (Phi) is 7.17. The number of hydrogen-bond acceptors (Lipinski definition) is 3. The number of rotatable bonds is 3. The number of phenols is 1. The molecule has 134 valence electrons. The Labute approximate surface area is 147 Å². The van der Waals surface area contributed by atoms with Crippen LogP contribution in [0, 0.1) is 5.92 Å². The second kappa shape index (κ2) is 7.42. The van der Waals surface area contributed by atoms with Crippen molar-refractivity contribution >= 4 is 12.4 Å². The Morgan fingerprint density at radius 1 is 0.913 bits per heavy atom. The van der Waals surface area contributed by atoms with Crippen LogP contribution in [0.1, 0.15) is 78.1 Å². The summed E-state index contributed by atoms with van der Waals surface area (Å²) in [5, 5.41) is 21.0. The van der Waals surface area contributed by atoms with Gasteiger partial charge in [-0.3, -0.25) is 0 Å². The summed E-state index contributed by atoms with van der Waals surface area (Å²) in [4.78, 5) is 0. The summed E-state index contributed by atoms with van der Waals surface area (Å²) in [5.41, 5.74) is 8.53. The molecule has 1 rings (SSSR count). The normalized spacial score (nSPS) is 15.3. The van der Waals surface area contributed by atoms with Crippen LogP contribution in [0.15, 0.2) is 12.1 Å². The van der Waals surface area contributed by atoms with Crippen molar-refractivity contribution in [3.05, 3.63) is 28.8 Å². The molecule has 0 heterocycles. The van der Waals surface area contributed by atoms with E-state index in [4.69, 9.17) is 5.73 Å². The minimum atomic E-state index is -0.606. The number of hydrogen-bond donors (Lipinski definition) is 3. The number of aromatic hydroxyl groups is 1. The molecule has 0 saturated heterocycles. The number of phenolic OH excluding ortho intramolecular Hbond substituents is 1. The van der Waals surface area contributed by atoms with Gasteiger partial charge in [0.25, 0.3) is 0 Å². The first-order chi connectivity index (χ1) is 9.76. The van der Waals surface area contributed by atoms with E-state index in [0.717, 1.165) is 16.7 Å². The number of nitrogens with two attached hydrogens (primary N) is 1. The molecule has 0 unspecified atom stereocenters. The molecule has 4 heteroatoms. The van der Waals surface area contributed by atoms with E-state index in [1.54, 1.807) is 0 Å². The number of halogens is 1. The van der Waals surface area contributed by atoms with Crippen LogP contribution in [0.4, 0.5) is 0 Å². The lowest BCUT2D eigenvalue weighted by Crippen LogP contribution is -2.31. The summed E-state index contributed by atoms with van der Waals surface area (Å²) < 4.78 is 0. The average molecular weight is 344 g/mol. The predicted molar refractivity (Wildman–Crippen MR) is 101 cm³/mol. The third kappa shape index (κ3) is 5.10. The largest absolute Gasteiger partial charge is 0.507 e. The molecule has 23 heavy (non-hydrogen) atoms. The zero-order valence-electron chi connectivity index (χ0n) is 15.8. The van der Waals surface area contributed by atoms with E-state index in [2.05, 4.69) is 41.5 Å². The molecule has 1 aromatic rings. The molecule has 0 spiro atoms. The lowest BCUT2D eigenvalue weighted by atomic mass is 9.77. The standard InChI is InChI=1S/C19H33NO2.ClH/c1-11(2)16(21)15(20)12-9-13(18(3,4)5)17(22)14(10-12)19(6,7)8;/h9-11,15-16,21-22H,20H2,1-8H3;1H/t15-,16+;/m0./s1. The fourth-order valence-electron chi connectivity index (χ4n) is 2.60. The van der Waals surface area contributed by atoms with Gasteiger partial charge in [0, 0.05) is 0 Å². The third-order valence-corrected chi connectivity index (χ3v) is 4.18. The first kappa shape index (κ1) is 22.2. The van der Waals surface area contributed by atoms with Crippen LogP contribution in [-0.4, -0.2) is 16.3 Å². The van der Waals surface area contributed by atoms with Gasteiger partial charge in [-0.2, -0.15) is 0 Å². The van der Waals surface area contributed by atoms with E-state index in [0.29, 0.717) is 5.75 Å². The van der Waals surface area contributed by atoms with Crippen LogP contribution in [0.5, 0.6) is 5.75 Å². The second-order valence-electron chi connectivity index (χ2n) is 8.73. The minimum Gasteiger partial charge on any atom is -0.507 e. The van der Waals surface area contributed by atoms with Gasteiger partial charge in [-0.1, -0.05) is 55.4 Å². The summed E-state index contributed by atoms with van der Waals surface area (Å²) in [7, 11) is 0. The summed E-state index contributed by atoms with van der Waals surface area (Å²) in [6, 6.07) is 3.43. The van der Waals surface area contributed by atoms with Gasteiger partial charge in [-0.05, 0) is 45.6 Å². The fraction of sp³-hybridized carbons (Fsp3) is 0.684. The first-order valence-corrected chi connectivity index (χ1v) is 8.08. The molecular formula is C19H34ClNO2. The van der Waals surface area contributed by atoms with Gasteiger partial charge >= 0.3 is 0 Å². The lowest BCUT2D eigenvalue weighted by molar-refractivity contribution is 0.0978. The van der Waals surface area contributed by atoms with E-state index in [1.807, 2.05) is 26.0 Å². The number of aliphatic hydroxyl groups excluding tert-OH is 1. The van der Waals surface area contributed by atoms with Crippen LogP contribution in [0.25, 0.3) is 0 Å². The molecule has 0 aliphatic heterocycles. The Bertz CT molecular complexity index is 492. The van der Waals surface area contributed by atoms with E-state index >= 15 is 0 Å². The Balaban J connectivity index is 0.00000484. The molecule has 0 aliphatic rings. The van der Waals surface area contributed by atoms with Gasteiger partial charge in [0.05, 0.1) is 12.1 Å². The molecule has 4 N–H and O–H groups in total. The quantitative estimate of drug-likeness (QED) is 0.760. The van der Waals surface area contributed by atoms with Crippen LogP contribution >= 0.6 is 12.4 Å². The smallest absolute Gasteiger partial charge is 0.123 e. The highest BCUT2D eigenvalue weighted by Crippen LogP contribution is 2.41. The van der Waals surface area contributed by atoms with Crippen LogP contribution in [0.3, 0.4) is 0 Å². The van der Waals surface area contributed by atoms with Crippen molar-refractivity contribution in [2.45, 2.75) is 78.4 Å². The Morgan fingerprint density at radius 2 is 1.26 bits per heavy atom. The highest BCUT2D eigenvalue weighted by atomic mass is 35.5. The summed E-state index contributed by atoms with van der Waals surface area (Å²) in [6.45, 7) is 16.3. The molecular weight excluding hydrogens is 310 g/mol. The number of benzene rings is 1. The zero-order valence-corrected chi connectivity index (χ0v) is 16.6. The monoisotopic (exact) mass is 343 g/mol. The minimum absolute atomic E-state index is 0. The van der Waals surface area contributed by atoms with Crippen LogP contribution < -0.4 is 5.73 Å². The van der Waals surface area contributed by atoms with Crippen LogP contribution in [0.2, 0.25) is 0 Å². The summed E-state index contributed by atoms with van der Waals surface area (Å²) >= 11 is 0. The zero-order chi connectivity index (χ0) is 17.5. The van der Waals surface area contributed by atoms with E-state index < -0.39 is 12.1 Å². The molecule has 0 amide bonds. The topological polar surface area (TPSA) is 66.5 Å². The molecule has 2 atom stereocenters. The van der Waals surface area contributed by atoms with Crippen molar-refractivity contribution in [3.63, 3.8) is 0 Å². The molecule has 0 fully saturated rings. The summed E-state index contributed by atoms with van der Waals surface area (Å²) in [5.74, 6) is 0.426. The SMILES string of the molecule is CC(C)[C@@H](O)[C@@H](N)c1cc(C(C)(C)C)c(O)c(C(C)(C)C)c1.Cl. The van der Waals surface area contributed by atoms with E-state index in [1.165, 1.54) is 0 Å². The third-order valence-electron chi connectivity index (χ3n) is 4.18. The van der Waals surface area contributed by atoms with Crippen molar-refractivity contribution in [2.24, 2.45) is 11.7 Å². The van der Waals surface area contributed by atoms with Gasteiger partial charge in [-0.15, -0.1) is 12.4 Å². The predicted octanol–water partition coefficient (Wildman–Crippen LogP) is 4.43. The highest BCUT2D eigenvalue weighted by Gasteiger charge is 2.29. The first-order valence-electron chi connectivity index (χ1n) is 8.08. The van der Waals surface area contributed by atoms with Gasteiger partial charge < -0.3 is 15.9 Å². The molecule has 1 aromatic carbocycles. The molecule has 0 bridgehead atoms. The van der Waals surface area contributed by atoms with Crippen molar-refractivity contribution in [1.29, 1.82) is 0 Å². The molecule has 0 aromatic heterocycles. The maximum absolute atomic E-state index is 10.7. The molecule has 0 saturated carbocycles. The lowest BCUT2D eigenvalue weighted by Gasteiger charge is -2.30. The molecule has 0 aliphatic carbocycles. The van der Waals surface area contributed by atoms with Crippen molar-refractivity contribution < 1.29 is 10.2 Å². The second-order valence-corrected chi connectivity index (χ2v) is 8.73.